The van der Waals surface area contributed by atoms with Crippen LogP contribution in [0.4, 0.5) is 4.79 Å². The number of carbonyl (C=O) groups is 3. The van der Waals surface area contributed by atoms with E-state index in [1.807, 2.05) is 31.2 Å². The van der Waals surface area contributed by atoms with Gasteiger partial charge in [0.2, 0.25) is 5.91 Å². The highest BCUT2D eigenvalue weighted by molar-refractivity contribution is 5.86. The molecule has 0 saturated carbocycles. The SMILES string of the molecule is CCCC[C@H](NC(=O)OCC1c2ccccc2-c2ccccc21)C(=O)N1CCC(CCC(=O)O)C1. The molecule has 2 atom stereocenters. The number of aliphatic carboxylic acids is 1. The molecule has 2 amide bonds. The maximum absolute atomic E-state index is 13.2. The van der Waals surface area contributed by atoms with Gasteiger partial charge in [0.15, 0.2) is 0 Å². The summed E-state index contributed by atoms with van der Waals surface area (Å²) in [6, 6.07) is 15.7. The smallest absolute Gasteiger partial charge is 0.407 e. The van der Waals surface area contributed by atoms with Crippen molar-refractivity contribution < 1.29 is 24.2 Å². The number of fused-ring (bicyclic) bond motifs is 3. The molecule has 2 aliphatic rings. The van der Waals surface area contributed by atoms with Crippen LogP contribution in [0.5, 0.6) is 0 Å². The number of nitrogens with one attached hydrogen (secondary N) is 1. The summed E-state index contributed by atoms with van der Waals surface area (Å²) in [5, 5.41) is 11.7. The van der Waals surface area contributed by atoms with Gasteiger partial charge in [-0.2, -0.15) is 0 Å². The number of carboxylic acids is 1. The molecule has 7 nitrogen and oxygen atoms in total. The molecule has 2 N–H and O–H groups in total. The minimum atomic E-state index is -0.812. The largest absolute Gasteiger partial charge is 0.481 e. The molecule has 0 spiro atoms. The van der Waals surface area contributed by atoms with E-state index in [0.29, 0.717) is 25.9 Å². The summed E-state index contributed by atoms with van der Waals surface area (Å²) in [7, 11) is 0. The summed E-state index contributed by atoms with van der Waals surface area (Å²) in [5.74, 6) is -0.764. The Kier molecular flexibility index (Phi) is 8.06. The lowest BCUT2D eigenvalue weighted by Crippen LogP contribution is -2.48. The molecule has 1 saturated heterocycles. The molecule has 7 heteroatoms. The van der Waals surface area contributed by atoms with E-state index >= 15 is 0 Å². The van der Waals surface area contributed by atoms with Crippen LogP contribution in [-0.2, 0) is 14.3 Å². The van der Waals surface area contributed by atoms with Crippen LogP contribution < -0.4 is 5.32 Å². The Labute approximate surface area is 206 Å². The van der Waals surface area contributed by atoms with Crippen molar-refractivity contribution >= 4 is 18.0 Å². The first-order chi connectivity index (χ1) is 17.0. The number of nitrogens with zero attached hydrogens (tertiary/aromatic N) is 1. The van der Waals surface area contributed by atoms with Crippen molar-refractivity contribution in [3.8, 4) is 11.1 Å². The molecule has 0 bridgehead atoms. The van der Waals surface area contributed by atoms with Crippen LogP contribution in [0.3, 0.4) is 0 Å². The topological polar surface area (TPSA) is 95.9 Å². The molecule has 0 aromatic heterocycles. The Morgan fingerprint density at radius 2 is 1.74 bits per heavy atom. The number of amides is 2. The highest BCUT2D eigenvalue weighted by Gasteiger charge is 2.33. The summed E-state index contributed by atoms with van der Waals surface area (Å²) >= 11 is 0. The van der Waals surface area contributed by atoms with Gasteiger partial charge in [-0.3, -0.25) is 9.59 Å². The fourth-order valence-corrected chi connectivity index (χ4v) is 5.26. The highest BCUT2D eigenvalue weighted by atomic mass is 16.5. The van der Waals surface area contributed by atoms with Gasteiger partial charge < -0.3 is 20.1 Å². The van der Waals surface area contributed by atoms with Crippen molar-refractivity contribution in [1.29, 1.82) is 0 Å². The van der Waals surface area contributed by atoms with Crippen molar-refractivity contribution in [1.82, 2.24) is 10.2 Å². The third-order valence-electron chi connectivity index (χ3n) is 7.14. The second-order valence-electron chi connectivity index (χ2n) is 9.54. The van der Waals surface area contributed by atoms with Crippen molar-refractivity contribution in [2.45, 2.75) is 57.4 Å². The van der Waals surface area contributed by atoms with Gasteiger partial charge in [-0.25, -0.2) is 4.79 Å². The van der Waals surface area contributed by atoms with Crippen LogP contribution in [0.25, 0.3) is 11.1 Å². The van der Waals surface area contributed by atoms with E-state index in [-0.39, 0.29) is 30.8 Å². The van der Waals surface area contributed by atoms with Gasteiger partial charge >= 0.3 is 12.1 Å². The lowest BCUT2D eigenvalue weighted by atomic mass is 9.98. The Bertz CT molecular complexity index is 1020. The zero-order chi connectivity index (χ0) is 24.8. The number of unbranched alkanes of at least 4 members (excludes halogenated alkanes) is 1. The standard InChI is InChI=1S/C28H34N2O5/c1-2-3-12-25(27(33)30-16-15-19(17-30)13-14-26(31)32)29-28(34)35-18-24-22-10-6-4-8-20(22)21-9-5-7-11-23(21)24/h4-11,19,24-25H,2-3,12-18H2,1H3,(H,29,34)(H,31,32)/t19?,25-/m0/s1. The Morgan fingerprint density at radius 1 is 1.09 bits per heavy atom. The number of alkyl carbamates (subject to hydrolysis) is 1. The number of carboxylic acid groups (broad SMARTS) is 1. The second-order valence-corrected chi connectivity index (χ2v) is 9.54. The van der Waals surface area contributed by atoms with E-state index in [1.54, 1.807) is 4.90 Å². The van der Waals surface area contributed by atoms with Gasteiger partial charge in [-0.1, -0.05) is 68.3 Å². The fourth-order valence-electron chi connectivity index (χ4n) is 5.26. The lowest BCUT2D eigenvalue weighted by Gasteiger charge is -2.24. The molecule has 35 heavy (non-hydrogen) atoms. The van der Waals surface area contributed by atoms with Crippen LogP contribution in [0, 0.1) is 5.92 Å². The number of carbonyl (C=O) groups excluding carboxylic acids is 2. The first-order valence-corrected chi connectivity index (χ1v) is 12.6. The first-order valence-electron chi connectivity index (χ1n) is 12.6. The number of ether oxygens (including phenoxy) is 1. The normalized spacial score (nSPS) is 17.5. The van der Waals surface area contributed by atoms with E-state index in [9.17, 15) is 14.4 Å². The molecule has 4 rings (SSSR count). The van der Waals surface area contributed by atoms with Crippen LogP contribution in [-0.4, -0.2) is 53.7 Å². The van der Waals surface area contributed by atoms with Gasteiger partial charge in [0.05, 0.1) is 0 Å². The predicted octanol–water partition coefficient (Wildman–Crippen LogP) is 4.80. The van der Waals surface area contributed by atoms with E-state index in [2.05, 4.69) is 29.6 Å². The molecule has 0 radical (unpaired) electrons. The zero-order valence-corrected chi connectivity index (χ0v) is 20.2. The second kappa shape index (κ2) is 11.4. The third kappa shape index (κ3) is 5.84. The summed E-state index contributed by atoms with van der Waals surface area (Å²) in [6.45, 7) is 3.39. The van der Waals surface area contributed by atoms with Crippen molar-refractivity contribution in [3.05, 3.63) is 59.7 Å². The molecule has 1 heterocycles. The maximum Gasteiger partial charge on any atom is 0.407 e. The minimum absolute atomic E-state index is 0.0356. The van der Waals surface area contributed by atoms with Crippen LogP contribution in [0.1, 0.15) is 62.5 Å². The summed E-state index contributed by atoms with van der Waals surface area (Å²) in [5.41, 5.74) is 4.62. The van der Waals surface area contributed by atoms with Crippen molar-refractivity contribution in [3.63, 3.8) is 0 Å². The van der Waals surface area contributed by atoms with Gasteiger partial charge in [-0.05, 0) is 47.4 Å². The van der Waals surface area contributed by atoms with Crippen LogP contribution >= 0.6 is 0 Å². The summed E-state index contributed by atoms with van der Waals surface area (Å²) < 4.78 is 5.66. The molecule has 2 aromatic rings. The maximum atomic E-state index is 13.2. The number of rotatable bonds is 10. The van der Waals surface area contributed by atoms with Crippen LogP contribution in [0.15, 0.2) is 48.5 Å². The van der Waals surface area contributed by atoms with E-state index in [4.69, 9.17) is 9.84 Å². The van der Waals surface area contributed by atoms with Crippen molar-refractivity contribution in [2.75, 3.05) is 19.7 Å². The van der Waals surface area contributed by atoms with Gasteiger partial charge in [0, 0.05) is 25.4 Å². The molecule has 1 fully saturated rings. The minimum Gasteiger partial charge on any atom is -0.481 e. The molecule has 1 unspecified atom stereocenters. The van der Waals surface area contributed by atoms with Gasteiger partial charge in [-0.15, -0.1) is 0 Å². The lowest BCUT2D eigenvalue weighted by molar-refractivity contribution is -0.137. The molecule has 1 aliphatic carbocycles. The fraction of sp³-hybridized carbons (Fsp3) is 0.464. The van der Waals surface area contributed by atoms with Gasteiger partial charge in [0.25, 0.3) is 0 Å². The van der Waals surface area contributed by atoms with Crippen molar-refractivity contribution in [2.24, 2.45) is 5.92 Å². The summed E-state index contributed by atoms with van der Waals surface area (Å²) in [4.78, 5) is 38.6. The Balaban J connectivity index is 1.36. The number of benzene rings is 2. The molecule has 186 valence electrons. The van der Waals surface area contributed by atoms with E-state index < -0.39 is 18.1 Å². The summed E-state index contributed by atoms with van der Waals surface area (Å²) in [6.07, 6.45) is 3.18. The number of hydrogen-bond acceptors (Lipinski definition) is 4. The highest BCUT2D eigenvalue weighted by Crippen LogP contribution is 2.44. The van der Waals surface area contributed by atoms with E-state index in [1.165, 1.54) is 11.1 Å². The molecule has 1 aliphatic heterocycles. The molecular formula is C28H34N2O5. The Morgan fingerprint density at radius 3 is 2.37 bits per heavy atom. The molecule has 2 aromatic carbocycles. The first kappa shape index (κ1) is 24.8. The quantitative estimate of drug-likeness (QED) is 0.512. The van der Waals surface area contributed by atoms with Gasteiger partial charge in [0.1, 0.15) is 12.6 Å². The Hall–Kier alpha value is -3.35. The van der Waals surface area contributed by atoms with Crippen LogP contribution in [0.2, 0.25) is 0 Å². The van der Waals surface area contributed by atoms with E-state index in [0.717, 1.165) is 30.4 Å². The average molecular weight is 479 g/mol. The monoisotopic (exact) mass is 478 g/mol. The predicted molar refractivity (Wildman–Crippen MR) is 133 cm³/mol. The third-order valence-corrected chi connectivity index (χ3v) is 7.14. The zero-order valence-electron chi connectivity index (χ0n) is 20.2. The molecular weight excluding hydrogens is 444 g/mol. The number of likely N-dealkylation sites (tertiary alicyclic amines) is 1. The average Bonchev–Trinajstić information content (AvgIpc) is 3.46. The number of hydrogen-bond donors (Lipinski definition) is 2.